The lowest BCUT2D eigenvalue weighted by Gasteiger charge is -2.29. The van der Waals surface area contributed by atoms with E-state index in [1.807, 2.05) is 31.2 Å². The van der Waals surface area contributed by atoms with Crippen molar-refractivity contribution in [2.24, 2.45) is 0 Å². The van der Waals surface area contributed by atoms with Crippen molar-refractivity contribution in [1.82, 2.24) is 4.90 Å². The van der Waals surface area contributed by atoms with Crippen molar-refractivity contribution in [1.29, 1.82) is 0 Å². The second-order valence-electron chi connectivity index (χ2n) is 7.71. The fourth-order valence-electron chi connectivity index (χ4n) is 3.92. The maximum Gasteiger partial charge on any atom is 0.173 e. The third kappa shape index (κ3) is 6.58. The molecule has 1 saturated heterocycles. The van der Waals surface area contributed by atoms with E-state index in [1.54, 1.807) is 0 Å². The molecule has 0 saturated carbocycles. The maximum absolute atomic E-state index is 5.90. The average molecular weight is 442 g/mol. The first-order chi connectivity index (χ1) is 15.1. The molecule has 2 aromatic carbocycles. The molecule has 3 rings (SSSR count). The van der Waals surface area contributed by atoms with Gasteiger partial charge in [-0.1, -0.05) is 24.3 Å². The van der Waals surface area contributed by atoms with Gasteiger partial charge in [0, 0.05) is 38.5 Å². The van der Waals surface area contributed by atoms with Gasteiger partial charge in [-0.2, -0.15) is 0 Å². The normalized spacial score (nSPS) is 15.5. The van der Waals surface area contributed by atoms with Crippen molar-refractivity contribution >= 4 is 28.7 Å². The molecule has 0 amide bonds. The van der Waals surface area contributed by atoms with Gasteiger partial charge in [0.15, 0.2) is 5.11 Å². The van der Waals surface area contributed by atoms with Crippen molar-refractivity contribution in [2.45, 2.75) is 46.3 Å². The second kappa shape index (κ2) is 11.9. The molecule has 31 heavy (non-hydrogen) atoms. The summed E-state index contributed by atoms with van der Waals surface area (Å²) in [6.45, 7) is 11.3. The predicted molar refractivity (Wildman–Crippen MR) is 133 cm³/mol. The summed E-state index contributed by atoms with van der Waals surface area (Å²) in [5.41, 5.74) is 3.38. The summed E-state index contributed by atoms with van der Waals surface area (Å²) in [6, 6.07) is 16.7. The summed E-state index contributed by atoms with van der Waals surface area (Å²) in [5, 5.41) is 4.10. The number of para-hydroxylation sites is 2. The van der Waals surface area contributed by atoms with Gasteiger partial charge in [-0.25, -0.2) is 0 Å². The molecule has 1 aliphatic rings. The molecule has 1 fully saturated rings. The minimum atomic E-state index is 0.219. The van der Waals surface area contributed by atoms with Gasteiger partial charge in [0.25, 0.3) is 0 Å². The third-order valence-corrected chi connectivity index (χ3v) is 5.96. The van der Waals surface area contributed by atoms with Crippen LogP contribution in [-0.4, -0.2) is 49.0 Å². The van der Waals surface area contributed by atoms with Crippen molar-refractivity contribution in [3.8, 4) is 5.75 Å². The Kier molecular flexibility index (Phi) is 8.98. The molecule has 0 aliphatic carbocycles. The van der Waals surface area contributed by atoms with Crippen LogP contribution in [-0.2, 0) is 11.3 Å². The minimum Gasteiger partial charge on any atom is -0.492 e. The third-order valence-electron chi connectivity index (χ3n) is 5.60. The monoisotopic (exact) mass is 441 g/mol. The molecule has 168 valence electrons. The Morgan fingerprint density at radius 3 is 2.48 bits per heavy atom. The number of benzene rings is 2. The lowest BCUT2D eigenvalue weighted by molar-refractivity contribution is 0.0905. The number of nitrogens with zero attached hydrogens (tertiary/aromatic N) is 2. The molecule has 1 heterocycles. The minimum absolute atomic E-state index is 0.219. The molecule has 0 aromatic heterocycles. The Balaban J connectivity index is 1.74. The summed E-state index contributed by atoms with van der Waals surface area (Å²) in [6.07, 6.45) is 2.41. The van der Waals surface area contributed by atoms with Crippen LogP contribution in [0.3, 0.4) is 0 Å². The highest BCUT2D eigenvalue weighted by molar-refractivity contribution is 7.80. The average Bonchev–Trinajstić information content (AvgIpc) is 3.30. The molecule has 1 unspecified atom stereocenters. The zero-order chi connectivity index (χ0) is 22.1. The van der Waals surface area contributed by atoms with Gasteiger partial charge in [0.2, 0.25) is 0 Å². The van der Waals surface area contributed by atoms with Gasteiger partial charge in [0.1, 0.15) is 5.75 Å². The second-order valence-corrected chi connectivity index (χ2v) is 8.10. The summed E-state index contributed by atoms with van der Waals surface area (Å²) in [5.74, 6) is 0.813. The Morgan fingerprint density at radius 2 is 1.84 bits per heavy atom. The van der Waals surface area contributed by atoms with Crippen molar-refractivity contribution in [3.05, 3.63) is 54.1 Å². The van der Waals surface area contributed by atoms with E-state index in [0.717, 1.165) is 57.1 Å². The van der Waals surface area contributed by atoms with Crippen LogP contribution >= 0.6 is 12.2 Å². The smallest absolute Gasteiger partial charge is 0.173 e. The highest BCUT2D eigenvalue weighted by Crippen LogP contribution is 2.25. The van der Waals surface area contributed by atoms with Gasteiger partial charge in [-0.15, -0.1) is 0 Å². The number of rotatable bonds is 10. The zero-order valence-electron chi connectivity index (χ0n) is 19.0. The first kappa shape index (κ1) is 23.4. The number of thiocarbonyl (C=S) groups is 1. The SMILES string of the molecule is CCOc1ccccc1NC(=S)N(Cc1ccc(N(CC)CC)cc1)CC1CCCO1. The number of ether oxygens (including phenoxy) is 2. The molecule has 0 radical (unpaired) electrons. The summed E-state index contributed by atoms with van der Waals surface area (Å²) >= 11 is 5.84. The van der Waals surface area contributed by atoms with E-state index >= 15 is 0 Å². The van der Waals surface area contributed by atoms with Gasteiger partial charge in [0.05, 0.1) is 18.4 Å². The molecule has 5 nitrogen and oxygen atoms in total. The van der Waals surface area contributed by atoms with E-state index in [-0.39, 0.29) is 6.10 Å². The largest absolute Gasteiger partial charge is 0.492 e. The Labute approximate surface area is 192 Å². The van der Waals surface area contributed by atoms with Gasteiger partial charge >= 0.3 is 0 Å². The van der Waals surface area contributed by atoms with Crippen LogP contribution in [0.15, 0.2) is 48.5 Å². The van der Waals surface area contributed by atoms with E-state index in [2.05, 4.69) is 53.2 Å². The summed E-state index contributed by atoms with van der Waals surface area (Å²) in [4.78, 5) is 4.56. The van der Waals surface area contributed by atoms with Crippen LogP contribution in [0.4, 0.5) is 11.4 Å². The van der Waals surface area contributed by atoms with Crippen LogP contribution in [0.2, 0.25) is 0 Å². The van der Waals surface area contributed by atoms with E-state index in [0.29, 0.717) is 11.7 Å². The lowest BCUT2D eigenvalue weighted by atomic mass is 10.1. The number of anilines is 2. The number of nitrogens with one attached hydrogen (secondary N) is 1. The Bertz CT molecular complexity index is 818. The van der Waals surface area contributed by atoms with Gasteiger partial charge in [-0.3, -0.25) is 0 Å². The van der Waals surface area contributed by atoms with Crippen LogP contribution in [0, 0.1) is 0 Å². The van der Waals surface area contributed by atoms with Crippen LogP contribution < -0.4 is 15.0 Å². The van der Waals surface area contributed by atoms with Crippen LogP contribution in [0.25, 0.3) is 0 Å². The Hall–Kier alpha value is -2.31. The van der Waals surface area contributed by atoms with E-state index in [1.165, 1.54) is 11.3 Å². The molecular formula is C25H35N3O2S. The van der Waals surface area contributed by atoms with Crippen molar-refractivity contribution in [3.63, 3.8) is 0 Å². The fraction of sp³-hybridized carbons (Fsp3) is 0.480. The molecule has 1 aliphatic heterocycles. The van der Waals surface area contributed by atoms with E-state index in [4.69, 9.17) is 21.7 Å². The van der Waals surface area contributed by atoms with E-state index in [9.17, 15) is 0 Å². The molecule has 0 spiro atoms. The lowest BCUT2D eigenvalue weighted by Crippen LogP contribution is -2.39. The first-order valence-electron chi connectivity index (χ1n) is 11.4. The quantitative estimate of drug-likeness (QED) is 0.504. The summed E-state index contributed by atoms with van der Waals surface area (Å²) in [7, 11) is 0. The molecular weight excluding hydrogens is 406 g/mol. The Morgan fingerprint density at radius 1 is 1.10 bits per heavy atom. The standard InChI is InChI=1S/C25H35N3O2S/c1-4-27(5-2)21-15-13-20(14-16-21)18-28(19-22-10-9-17-30-22)25(31)26-23-11-7-8-12-24(23)29-6-3/h7-8,11-16,22H,4-6,9-10,17-19H2,1-3H3,(H,26,31). The highest BCUT2D eigenvalue weighted by atomic mass is 32.1. The van der Waals surface area contributed by atoms with Crippen molar-refractivity contribution < 1.29 is 9.47 Å². The van der Waals surface area contributed by atoms with Crippen LogP contribution in [0.5, 0.6) is 5.75 Å². The number of hydrogen-bond acceptors (Lipinski definition) is 4. The molecule has 6 heteroatoms. The number of hydrogen-bond donors (Lipinski definition) is 1. The van der Waals surface area contributed by atoms with Gasteiger partial charge < -0.3 is 24.6 Å². The highest BCUT2D eigenvalue weighted by Gasteiger charge is 2.22. The topological polar surface area (TPSA) is 37.0 Å². The molecule has 0 bridgehead atoms. The van der Waals surface area contributed by atoms with E-state index < -0.39 is 0 Å². The van der Waals surface area contributed by atoms with Gasteiger partial charge in [-0.05, 0) is 75.7 Å². The molecule has 2 aromatic rings. The van der Waals surface area contributed by atoms with Crippen molar-refractivity contribution in [2.75, 3.05) is 43.1 Å². The summed E-state index contributed by atoms with van der Waals surface area (Å²) < 4.78 is 11.7. The maximum atomic E-state index is 5.90. The predicted octanol–water partition coefficient (Wildman–Crippen LogP) is 5.31. The van der Waals surface area contributed by atoms with Crippen LogP contribution in [0.1, 0.15) is 39.2 Å². The molecule has 1 N–H and O–H groups in total. The first-order valence-corrected chi connectivity index (χ1v) is 11.8. The fourth-order valence-corrected chi connectivity index (χ4v) is 4.17. The molecule has 1 atom stereocenters. The zero-order valence-corrected chi connectivity index (χ0v) is 19.8.